The van der Waals surface area contributed by atoms with E-state index in [4.69, 9.17) is 4.74 Å². The lowest BCUT2D eigenvalue weighted by Gasteiger charge is -2.14. The van der Waals surface area contributed by atoms with Crippen LogP contribution in [0.3, 0.4) is 0 Å². The zero-order valence-corrected chi connectivity index (χ0v) is 15.8. The Labute approximate surface area is 159 Å². The number of aromatic nitrogens is 1. The van der Waals surface area contributed by atoms with Gasteiger partial charge in [-0.3, -0.25) is 9.78 Å². The van der Waals surface area contributed by atoms with Gasteiger partial charge in [-0.15, -0.1) is 0 Å². The summed E-state index contributed by atoms with van der Waals surface area (Å²) < 4.78 is 5.57. The third-order valence-corrected chi connectivity index (χ3v) is 4.34. The Hall–Kier alpha value is -2.92. The number of rotatable bonds is 6. The Bertz CT molecular complexity index is 969. The van der Waals surface area contributed by atoms with Gasteiger partial charge >= 0.3 is 0 Å². The fraction of sp³-hybridized carbons (Fsp3) is 0.273. The van der Waals surface area contributed by atoms with Gasteiger partial charge in [-0.25, -0.2) is 0 Å². The molecule has 2 N–H and O–H groups in total. The van der Waals surface area contributed by atoms with Crippen LogP contribution in [0.2, 0.25) is 0 Å². The average Bonchev–Trinajstić information content (AvgIpc) is 2.64. The molecule has 0 fully saturated rings. The third-order valence-electron chi connectivity index (χ3n) is 4.34. The summed E-state index contributed by atoms with van der Waals surface area (Å²) in [4.78, 5) is 17.0. The van der Waals surface area contributed by atoms with E-state index in [1.807, 2.05) is 69.3 Å². The van der Waals surface area contributed by atoms with Crippen molar-refractivity contribution < 1.29 is 14.6 Å². The maximum Gasteiger partial charge on any atom is 0.253 e. The molecule has 0 aliphatic heterocycles. The molecule has 0 radical (unpaired) electrons. The number of carbonyl (C=O) groups excluding carboxylic acids is 1. The minimum Gasteiger partial charge on any atom is -0.491 e. The molecule has 0 saturated heterocycles. The summed E-state index contributed by atoms with van der Waals surface area (Å²) in [6.45, 7) is 6.01. The zero-order valence-electron chi connectivity index (χ0n) is 15.8. The smallest absolute Gasteiger partial charge is 0.253 e. The Morgan fingerprint density at radius 1 is 1.11 bits per heavy atom. The summed E-state index contributed by atoms with van der Waals surface area (Å²) >= 11 is 0. The SMILES string of the molecule is Cc1cccc(OCC(O)CNC(=O)c2cc3cc(C)ccc3nc2C)c1. The van der Waals surface area contributed by atoms with E-state index in [0.717, 1.165) is 22.0 Å². The number of fused-ring (bicyclic) bond motifs is 1. The number of nitrogens with zero attached hydrogens (tertiary/aromatic N) is 1. The van der Waals surface area contributed by atoms with Crippen molar-refractivity contribution in [2.24, 2.45) is 0 Å². The molecular formula is C22H24N2O3. The summed E-state index contributed by atoms with van der Waals surface area (Å²) in [7, 11) is 0. The van der Waals surface area contributed by atoms with Gasteiger partial charge in [0.1, 0.15) is 18.5 Å². The summed E-state index contributed by atoms with van der Waals surface area (Å²) in [5.41, 5.74) is 4.24. The van der Waals surface area contributed by atoms with Crippen molar-refractivity contribution in [2.45, 2.75) is 26.9 Å². The van der Waals surface area contributed by atoms with Gasteiger partial charge in [0.2, 0.25) is 0 Å². The summed E-state index contributed by atoms with van der Waals surface area (Å²) in [5.74, 6) is 0.448. The molecule has 3 aromatic rings. The van der Waals surface area contributed by atoms with Crippen LogP contribution in [0.1, 0.15) is 27.2 Å². The maximum absolute atomic E-state index is 12.5. The molecule has 3 rings (SSSR count). The first-order valence-corrected chi connectivity index (χ1v) is 8.96. The van der Waals surface area contributed by atoms with Crippen molar-refractivity contribution in [3.8, 4) is 5.75 Å². The fourth-order valence-electron chi connectivity index (χ4n) is 2.88. The number of aliphatic hydroxyl groups is 1. The zero-order chi connectivity index (χ0) is 19.4. The van der Waals surface area contributed by atoms with E-state index in [1.54, 1.807) is 0 Å². The van der Waals surface area contributed by atoms with Crippen LogP contribution in [-0.2, 0) is 0 Å². The van der Waals surface area contributed by atoms with Crippen molar-refractivity contribution in [3.05, 3.63) is 70.9 Å². The lowest BCUT2D eigenvalue weighted by molar-refractivity contribution is 0.0843. The second-order valence-corrected chi connectivity index (χ2v) is 6.81. The highest BCUT2D eigenvalue weighted by molar-refractivity contribution is 5.98. The van der Waals surface area contributed by atoms with Gasteiger partial charge < -0.3 is 15.2 Å². The topological polar surface area (TPSA) is 71.5 Å². The lowest BCUT2D eigenvalue weighted by atomic mass is 10.1. The van der Waals surface area contributed by atoms with E-state index in [1.165, 1.54) is 0 Å². The molecule has 5 heteroatoms. The number of hydrogen-bond donors (Lipinski definition) is 2. The first-order valence-electron chi connectivity index (χ1n) is 8.96. The molecular weight excluding hydrogens is 340 g/mol. The van der Waals surface area contributed by atoms with Crippen LogP contribution in [0.5, 0.6) is 5.75 Å². The highest BCUT2D eigenvalue weighted by atomic mass is 16.5. The molecule has 1 atom stereocenters. The number of hydrogen-bond acceptors (Lipinski definition) is 4. The molecule has 140 valence electrons. The number of aryl methyl sites for hydroxylation is 3. The Morgan fingerprint density at radius 3 is 2.67 bits per heavy atom. The van der Waals surface area contributed by atoms with Crippen LogP contribution in [0, 0.1) is 20.8 Å². The Morgan fingerprint density at radius 2 is 1.89 bits per heavy atom. The second kappa shape index (κ2) is 8.18. The second-order valence-electron chi connectivity index (χ2n) is 6.81. The number of benzene rings is 2. The molecule has 2 aromatic carbocycles. The van der Waals surface area contributed by atoms with Crippen LogP contribution < -0.4 is 10.1 Å². The highest BCUT2D eigenvalue weighted by Gasteiger charge is 2.14. The van der Waals surface area contributed by atoms with Crippen LogP contribution in [0.4, 0.5) is 0 Å². The van der Waals surface area contributed by atoms with Crippen LogP contribution in [0.25, 0.3) is 10.9 Å². The molecule has 5 nitrogen and oxygen atoms in total. The third kappa shape index (κ3) is 4.83. The van der Waals surface area contributed by atoms with E-state index in [9.17, 15) is 9.90 Å². The lowest BCUT2D eigenvalue weighted by Crippen LogP contribution is -2.35. The van der Waals surface area contributed by atoms with Crippen molar-refractivity contribution in [3.63, 3.8) is 0 Å². The van der Waals surface area contributed by atoms with Crippen molar-refractivity contribution in [1.29, 1.82) is 0 Å². The van der Waals surface area contributed by atoms with Crippen LogP contribution in [0.15, 0.2) is 48.5 Å². The maximum atomic E-state index is 12.5. The molecule has 0 bridgehead atoms. The average molecular weight is 364 g/mol. The number of pyridine rings is 1. The minimum atomic E-state index is -0.801. The van der Waals surface area contributed by atoms with Gasteiger partial charge in [-0.2, -0.15) is 0 Å². The first-order chi connectivity index (χ1) is 12.9. The van der Waals surface area contributed by atoms with Crippen molar-refractivity contribution in [2.75, 3.05) is 13.2 Å². The molecule has 1 aromatic heterocycles. The summed E-state index contributed by atoms with van der Waals surface area (Å²) in [6, 6.07) is 15.4. The fourth-order valence-corrected chi connectivity index (χ4v) is 2.88. The highest BCUT2D eigenvalue weighted by Crippen LogP contribution is 2.18. The van der Waals surface area contributed by atoms with E-state index in [2.05, 4.69) is 10.3 Å². The predicted octanol–water partition coefficient (Wildman–Crippen LogP) is 3.33. The molecule has 1 amide bonds. The van der Waals surface area contributed by atoms with Gasteiger partial charge in [0.15, 0.2) is 0 Å². The Balaban J connectivity index is 1.60. The van der Waals surface area contributed by atoms with E-state index >= 15 is 0 Å². The molecule has 0 aliphatic rings. The number of ether oxygens (including phenoxy) is 1. The van der Waals surface area contributed by atoms with E-state index in [-0.39, 0.29) is 19.1 Å². The standard InChI is InChI=1S/C22H24N2O3/c1-14-5-4-6-19(10-14)27-13-18(25)12-23-22(26)20-11-17-9-15(2)7-8-21(17)24-16(20)3/h4-11,18,25H,12-13H2,1-3H3,(H,23,26). The largest absolute Gasteiger partial charge is 0.491 e. The number of amides is 1. The van der Waals surface area contributed by atoms with Crippen molar-refractivity contribution >= 4 is 16.8 Å². The molecule has 1 unspecified atom stereocenters. The van der Waals surface area contributed by atoms with E-state index < -0.39 is 6.10 Å². The molecule has 0 spiro atoms. The quantitative estimate of drug-likeness (QED) is 0.704. The number of nitrogens with one attached hydrogen (secondary N) is 1. The van der Waals surface area contributed by atoms with Gasteiger partial charge in [-0.05, 0) is 56.7 Å². The first kappa shape index (κ1) is 18.9. The van der Waals surface area contributed by atoms with E-state index in [0.29, 0.717) is 17.0 Å². The van der Waals surface area contributed by atoms with Gasteiger partial charge in [0.25, 0.3) is 5.91 Å². The Kier molecular flexibility index (Phi) is 5.72. The minimum absolute atomic E-state index is 0.107. The monoisotopic (exact) mass is 364 g/mol. The number of aliphatic hydroxyl groups excluding tert-OH is 1. The van der Waals surface area contributed by atoms with Gasteiger partial charge in [0.05, 0.1) is 16.8 Å². The molecule has 0 saturated carbocycles. The summed E-state index contributed by atoms with van der Waals surface area (Å²) in [6.07, 6.45) is -0.801. The summed E-state index contributed by atoms with van der Waals surface area (Å²) in [5, 5.41) is 13.8. The molecule has 0 aliphatic carbocycles. The molecule has 1 heterocycles. The normalized spacial score (nSPS) is 12.0. The van der Waals surface area contributed by atoms with Gasteiger partial charge in [0, 0.05) is 11.9 Å². The van der Waals surface area contributed by atoms with Crippen LogP contribution >= 0.6 is 0 Å². The van der Waals surface area contributed by atoms with Gasteiger partial charge in [-0.1, -0.05) is 23.8 Å². The molecule has 27 heavy (non-hydrogen) atoms. The van der Waals surface area contributed by atoms with Crippen molar-refractivity contribution in [1.82, 2.24) is 10.3 Å². The van der Waals surface area contributed by atoms with Crippen LogP contribution in [-0.4, -0.2) is 35.3 Å². The predicted molar refractivity (Wildman–Crippen MR) is 106 cm³/mol. The number of carbonyl (C=O) groups is 1.